The first-order valence-corrected chi connectivity index (χ1v) is 22.2. The van der Waals surface area contributed by atoms with E-state index in [0.717, 1.165) is 88.6 Å². The summed E-state index contributed by atoms with van der Waals surface area (Å²) in [6, 6.07) is 83.7. The molecule has 10 aromatic carbocycles. The lowest BCUT2D eigenvalue weighted by Gasteiger charge is -2.16. The highest BCUT2D eigenvalue weighted by Gasteiger charge is 2.19. The van der Waals surface area contributed by atoms with Gasteiger partial charge in [-0.05, 0) is 126 Å². The number of fused-ring (bicyclic) bond motifs is 13. The van der Waals surface area contributed by atoms with Crippen molar-refractivity contribution in [3.8, 4) is 22.7 Å². The van der Waals surface area contributed by atoms with Crippen LogP contribution < -0.4 is 0 Å². The van der Waals surface area contributed by atoms with Crippen LogP contribution in [0.25, 0.3) is 121 Å². The fourth-order valence-electron chi connectivity index (χ4n) is 10.5. The number of hydrogen-bond acceptors (Lipinski definition) is 1. The van der Waals surface area contributed by atoms with Crippen molar-refractivity contribution in [1.29, 1.82) is 0 Å². The molecule has 0 N–H and O–H groups in total. The maximum absolute atomic E-state index is 6.65. The van der Waals surface area contributed by atoms with Crippen molar-refractivity contribution in [2.75, 3.05) is 0 Å². The van der Waals surface area contributed by atoms with E-state index >= 15 is 0 Å². The van der Waals surface area contributed by atoms with Crippen LogP contribution in [-0.2, 0) is 0 Å². The molecule has 0 aliphatic carbocycles. The predicted octanol–water partition coefficient (Wildman–Crippen LogP) is 15.9. The number of nitrogens with zero attached hydrogens (tertiary/aromatic N) is 4. The topological polar surface area (TPSA) is 32.9 Å². The molecule has 304 valence electrons. The molecule has 0 atom stereocenters. The Hall–Kier alpha value is -8.80. The third kappa shape index (κ3) is 5.39. The fraction of sp³-hybridized carbons (Fsp3) is 0. The summed E-state index contributed by atoms with van der Waals surface area (Å²) in [6.45, 7) is 0. The van der Waals surface area contributed by atoms with Crippen LogP contribution in [0.15, 0.2) is 235 Å². The molecule has 0 amide bonds. The smallest absolute Gasteiger partial charge is 0.135 e. The molecule has 0 aliphatic rings. The van der Waals surface area contributed by atoms with E-state index in [2.05, 4.69) is 249 Å². The van der Waals surface area contributed by atoms with Gasteiger partial charge in [0.05, 0.1) is 27.8 Å². The Morgan fingerprint density at radius 2 is 0.769 bits per heavy atom. The van der Waals surface area contributed by atoms with Crippen molar-refractivity contribution in [2.45, 2.75) is 0 Å². The highest BCUT2D eigenvalue weighted by atomic mass is 16.3. The van der Waals surface area contributed by atoms with Gasteiger partial charge in [-0.25, -0.2) is 0 Å². The zero-order valence-electron chi connectivity index (χ0n) is 35.1. The summed E-state index contributed by atoms with van der Waals surface area (Å²) >= 11 is 0. The number of aromatic nitrogens is 4. The first-order valence-electron chi connectivity index (χ1n) is 22.2. The highest BCUT2D eigenvalue weighted by Crippen LogP contribution is 2.39. The molecule has 65 heavy (non-hydrogen) atoms. The minimum Gasteiger partial charge on any atom is -0.456 e. The second-order valence-corrected chi connectivity index (χ2v) is 17.0. The number of furan rings is 1. The van der Waals surface area contributed by atoms with Crippen LogP contribution in [0.1, 0.15) is 0 Å². The van der Waals surface area contributed by atoms with E-state index in [1.807, 2.05) is 0 Å². The first-order chi connectivity index (χ1) is 32.2. The van der Waals surface area contributed by atoms with Crippen LogP contribution in [-0.4, -0.2) is 18.3 Å². The van der Waals surface area contributed by atoms with Crippen LogP contribution in [0.5, 0.6) is 0 Å². The summed E-state index contributed by atoms with van der Waals surface area (Å²) in [5, 5.41) is 9.24. The SMILES string of the molecule is c1ccc(-n2c3ccccc3c3ccc(-n4c5cccc(c5)c5cccc(c5)n(-c5cccc6c7ccccc7n(-c7ccccc7)c56)c5ccc6oc7ccc4cc7c6c5)cc32)cc1. The molecule has 0 aliphatic heterocycles. The Morgan fingerprint density at radius 3 is 1.45 bits per heavy atom. The standard InChI is InChI=1S/C60H38N4O/c1-3-16-41(17-4-1)63-54-25-9-7-22-48(54)50-31-28-47(38-57(50)63)61-43-20-11-14-39(34-43)40-15-12-21-44(35-40)62(46-30-33-59-53(37-46)52-36-45(61)29-32-58(52)65-59)56-27-13-24-51-49-23-8-10-26-55(49)64(60(51)56)42-18-5-2-6-19-42/h1-38H. The molecule has 4 aromatic heterocycles. The lowest BCUT2D eigenvalue weighted by atomic mass is 10.1. The Labute approximate surface area is 372 Å². The number of para-hydroxylation sites is 5. The molecule has 0 saturated carbocycles. The van der Waals surface area contributed by atoms with E-state index in [0.29, 0.717) is 0 Å². The van der Waals surface area contributed by atoms with Gasteiger partial charge >= 0.3 is 0 Å². The number of benzene rings is 10. The zero-order valence-corrected chi connectivity index (χ0v) is 35.1. The summed E-state index contributed by atoms with van der Waals surface area (Å²) < 4.78 is 16.3. The quantitative estimate of drug-likeness (QED) is 0.174. The van der Waals surface area contributed by atoms with Gasteiger partial charge in [-0.3, -0.25) is 0 Å². The molecule has 14 rings (SSSR count). The summed E-state index contributed by atoms with van der Waals surface area (Å²) in [5.74, 6) is 0. The maximum Gasteiger partial charge on any atom is 0.135 e. The lowest BCUT2D eigenvalue weighted by Crippen LogP contribution is -2.02. The second kappa shape index (κ2) is 13.9. The van der Waals surface area contributed by atoms with E-state index < -0.39 is 0 Å². The average molecular weight is 831 g/mol. The molecular weight excluding hydrogens is 793 g/mol. The Balaban J connectivity index is 1.11. The molecule has 0 radical (unpaired) electrons. The van der Waals surface area contributed by atoms with E-state index in [9.17, 15) is 0 Å². The van der Waals surface area contributed by atoms with Gasteiger partial charge in [0.25, 0.3) is 0 Å². The van der Waals surface area contributed by atoms with E-state index in [4.69, 9.17) is 4.42 Å². The third-order valence-electron chi connectivity index (χ3n) is 13.4. The van der Waals surface area contributed by atoms with Gasteiger partial charge in [0.15, 0.2) is 0 Å². The third-order valence-corrected chi connectivity index (χ3v) is 13.4. The minimum absolute atomic E-state index is 0.848. The summed E-state index contributed by atoms with van der Waals surface area (Å²) in [5.41, 5.74) is 15.0. The Bertz CT molecular complexity index is 4290. The van der Waals surface area contributed by atoms with E-state index in [-0.39, 0.29) is 0 Å². The van der Waals surface area contributed by atoms with Crippen molar-refractivity contribution in [2.24, 2.45) is 0 Å². The van der Waals surface area contributed by atoms with Crippen molar-refractivity contribution in [3.05, 3.63) is 231 Å². The zero-order chi connectivity index (χ0) is 42.6. The normalized spacial score (nSPS) is 12.0. The van der Waals surface area contributed by atoms with Gasteiger partial charge in [-0.1, -0.05) is 115 Å². The molecular formula is C60H38N4O. The molecule has 0 fully saturated rings. The molecule has 5 nitrogen and oxygen atoms in total. The van der Waals surface area contributed by atoms with Gasteiger partial charge in [-0.15, -0.1) is 0 Å². The maximum atomic E-state index is 6.65. The largest absolute Gasteiger partial charge is 0.456 e. The molecule has 0 unspecified atom stereocenters. The van der Waals surface area contributed by atoms with Crippen LogP contribution in [0.4, 0.5) is 0 Å². The number of rotatable bonds is 4. The first kappa shape index (κ1) is 35.8. The minimum atomic E-state index is 0.848. The van der Waals surface area contributed by atoms with Crippen molar-refractivity contribution in [3.63, 3.8) is 0 Å². The lowest BCUT2D eigenvalue weighted by molar-refractivity contribution is 0.669. The molecule has 0 spiro atoms. The number of hydrogen-bond donors (Lipinski definition) is 0. The summed E-state index contributed by atoms with van der Waals surface area (Å²) in [6.07, 6.45) is 0. The second-order valence-electron chi connectivity index (χ2n) is 17.0. The van der Waals surface area contributed by atoms with Crippen LogP contribution in [0, 0.1) is 0 Å². The summed E-state index contributed by atoms with van der Waals surface area (Å²) in [7, 11) is 0. The van der Waals surface area contributed by atoms with Crippen molar-refractivity contribution in [1.82, 2.24) is 18.3 Å². The molecule has 4 heterocycles. The molecule has 0 saturated heterocycles. The fourth-order valence-corrected chi connectivity index (χ4v) is 10.5. The van der Waals surface area contributed by atoms with Gasteiger partial charge in [0.2, 0.25) is 0 Å². The Kier molecular flexibility index (Phi) is 7.62. The van der Waals surface area contributed by atoms with E-state index in [1.165, 1.54) is 32.6 Å². The van der Waals surface area contributed by atoms with Crippen LogP contribution in [0.2, 0.25) is 0 Å². The van der Waals surface area contributed by atoms with Gasteiger partial charge in [-0.2, -0.15) is 0 Å². The van der Waals surface area contributed by atoms with Gasteiger partial charge in [0, 0.05) is 71.4 Å². The monoisotopic (exact) mass is 830 g/mol. The Morgan fingerprint density at radius 1 is 0.262 bits per heavy atom. The van der Waals surface area contributed by atoms with E-state index in [1.54, 1.807) is 0 Å². The van der Waals surface area contributed by atoms with Crippen LogP contribution in [0.3, 0.4) is 0 Å². The highest BCUT2D eigenvalue weighted by molar-refractivity contribution is 6.13. The van der Waals surface area contributed by atoms with Crippen LogP contribution >= 0.6 is 0 Å². The van der Waals surface area contributed by atoms with Gasteiger partial charge < -0.3 is 22.7 Å². The summed E-state index contributed by atoms with van der Waals surface area (Å²) in [4.78, 5) is 0. The molecule has 5 heteroatoms. The van der Waals surface area contributed by atoms with Gasteiger partial charge in [0.1, 0.15) is 11.2 Å². The predicted molar refractivity (Wildman–Crippen MR) is 271 cm³/mol. The molecule has 14 aromatic rings. The van der Waals surface area contributed by atoms with Crippen molar-refractivity contribution < 1.29 is 4.42 Å². The van der Waals surface area contributed by atoms with Crippen molar-refractivity contribution >= 4 is 98.4 Å². The average Bonchev–Trinajstić information content (AvgIpc) is 4.02. The molecule has 8 bridgehead atoms.